The summed E-state index contributed by atoms with van der Waals surface area (Å²) in [4.78, 5) is 53.3. The number of rotatable bonds is 9. The monoisotopic (exact) mass is 461 g/mol. The number of ether oxygens (including phenoxy) is 2. The predicted octanol–water partition coefficient (Wildman–Crippen LogP) is 2.13. The van der Waals surface area contributed by atoms with Crippen LogP contribution in [0.25, 0.3) is 0 Å². The van der Waals surface area contributed by atoms with Crippen LogP contribution in [0.3, 0.4) is 0 Å². The SMILES string of the molecule is CCOC(=O)[C@H](CCc1ccccc1)N[C@@H](C)C(=O)N1C(=O)N(C)C[C@@H]1C(=O)OC(C)(C)C. The molecule has 182 valence electrons. The number of urea groups is 1. The Bertz CT molecular complexity index is 852. The molecule has 2 rings (SSSR count). The van der Waals surface area contributed by atoms with Crippen molar-refractivity contribution in [3.05, 3.63) is 35.9 Å². The number of nitrogens with zero attached hydrogens (tertiary/aromatic N) is 2. The van der Waals surface area contributed by atoms with Crippen molar-refractivity contribution in [3.63, 3.8) is 0 Å². The molecule has 0 spiro atoms. The summed E-state index contributed by atoms with van der Waals surface area (Å²) in [6.45, 7) is 8.69. The summed E-state index contributed by atoms with van der Waals surface area (Å²) in [7, 11) is 1.52. The predicted molar refractivity (Wildman–Crippen MR) is 122 cm³/mol. The van der Waals surface area contributed by atoms with Crippen molar-refractivity contribution in [3.8, 4) is 0 Å². The molecule has 1 fully saturated rings. The third kappa shape index (κ3) is 7.28. The highest BCUT2D eigenvalue weighted by atomic mass is 16.6. The van der Waals surface area contributed by atoms with Crippen LogP contribution in [-0.4, -0.2) is 77.6 Å². The Hall–Kier alpha value is -2.94. The van der Waals surface area contributed by atoms with Crippen molar-refractivity contribution in [2.45, 2.75) is 71.2 Å². The zero-order valence-corrected chi connectivity index (χ0v) is 20.3. The number of carbonyl (C=O) groups is 4. The number of imide groups is 1. The Balaban J connectivity index is 2.14. The van der Waals surface area contributed by atoms with E-state index in [9.17, 15) is 19.2 Å². The van der Waals surface area contributed by atoms with Gasteiger partial charge in [0.05, 0.1) is 19.2 Å². The first-order chi connectivity index (χ1) is 15.4. The molecule has 3 amide bonds. The summed E-state index contributed by atoms with van der Waals surface area (Å²) in [5, 5.41) is 3.00. The lowest BCUT2D eigenvalue weighted by Crippen LogP contribution is -2.55. The van der Waals surface area contributed by atoms with Gasteiger partial charge in [-0.05, 0) is 53.0 Å². The van der Waals surface area contributed by atoms with Gasteiger partial charge in [-0.25, -0.2) is 14.5 Å². The van der Waals surface area contributed by atoms with Gasteiger partial charge in [0.1, 0.15) is 11.6 Å². The second-order valence-corrected chi connectivity index (χ2v) is 9.14. The number of nitrogens with one attached hydrogen (secondary N) is 1. The molecule has 0 unspecified atom stereocenters. The number of esters is 2. The summed E-state index contributed by atoms with van der Waals surface area (Å²) in [5.74, 6) is -1.72. The fourth-order valence-corrected chi connectivity index (χ4v) is 3.58. The van der Waals surface area contributed by atoms with E-state index in [0.29, 0.717) is 12.8 Å². The molecule has 1 aliphatic heterocycles. The molecule has 0 aliphatic carbocycles. The molecule has 0 bridgehead atoms. The van der Waals surface area contributed by atoms with Gasteiger partial charge in [-0.15, -0.1) is 0 Å². The van der Waals surface area contributed by atoms with Crippen molar-refractivity contribution in [2.75, 3.05) is 20.2 Å². The molecular formula is C24H35N3O6. The van der Waals surface area contributed by atoms with Gasteiger partial charge in [0.15, 0.2) is 6.04 Å². The molecule has 0 aromatic heterocycles. The normalized spacial score (nSPS) is 18.1. The molecule has 1 heterocycles. The molecule has 0 radical (unpaired) electrons. The first kappa shape index (κ1) is 26.3. The van der Waals surface area contributed by atoms with Gasteiger partial charge in [0.2, 0.25) is 5.91 Å². The van der Waals surface area contributed by atoms with Crippen molar-refractivity contribution in [2.24, 2.45) is 0 Å². The number of carbonyl (C=O) groups excluding carboxylic acids is 4. The summed E-state index contributed by atoms with van der Waals surface area (Å²) < 4.78 is 10.6. The van der Waals surface area contributed by atoms with Crippen molar-refractivity contribution < 1.29 is 28.7 Å². The molecule has 33 heavy (non-hydrogen) atoms. The fourth-order valence-electron chi connectivity index (χ4n) is 3.58. The van der Waals surface area contributed by atoms with Gasteiger partial charge in [-0.2, -0.15) is 0 Å². The Kier molecular flexibility index (Phi) is 8.99. The molecule has 9 heteroatoms. The van der Waals surface area contributed by atoms with Gasteiger partial charge >= 0.3 is 18.0 Å². The van der Waals surface area contributed by atoms with Crippen LogP contribution in [0.5, 0.6) is 0 Å². The second-order valence-electron chi connectivity index (χ2n) is 9.14. The fraction of sp³-hybridized carbons (Fsp3) is 0.583. The maximum atomic E-state index is 13.2. The van der Waals surface area contributed by atoms with Crippen molar-refractivity contribution in [1.29, 1.82) is 0 Å². The Morgan fingerprint density at radius 1 is 1.18 bits per heavy atom. The second kappa shape index (κ2) is 11.3. The summed E-state index contributed by atoms with van der Waals surface area (Å²) in [6, 6.07) is 6.37. The highest BCUT2D eigenvalue weighted by Crippen LogP contribution is 2.20. The van der Waals surface area contributed by atoms with Gasteiger partial charge in [-0.3, -0.25) is 14.9 Å². The first-order valence-electron chi connectivity index (χ1n) is 11.2. The average molecular weight is 462 g/mol. The van der Waals surface area contributed by atoms with Gasteiger partial charge in [0.25, 0.3) is 0 Å². The molecule has 1 aromatic carbocycles. The molecule has 1 aliphatic rings. The van der Waals surface area contributed by atoms with Gasteiger partial charge in [0, 0.05) is 7.05 Å². The van der Waals surface area contributed by atoms with Crippen molar-refractivity contribution >= 4 is 23.9 Å². The minimum absolute atomic E-state index is 0.0432. The topological polar surface area (TPSA) is 105 Å². The van der Waals surface area contributed by atoms with Gasteiger partial charge in [-0.1, -0.05) is 30.3 Å². The molecule has 1 saturated heterocycles. The smallest absolute Gasteiger partial charge is 0.331 e. The highest BCUT2D eigenvalue weighted by Gasteiger charge is 2.46. The Labute approximate surface area is 195 Å². The number of amides is 3. The zero-order valence-electron chi connectivity index (χ0n) is 20.3. The van der Waals surface area contributed by atoms with E-state index in [1.165, 1.54) is 11.9 Å². The quantitative estimate of drug-likeness (QED) is 0.562. The lowest BCUT2D eigenvalue weighted by molar-refractivity contribution is -0.162. The van der Waals surface area contributed by atoms with Crippen LogP contribution in [0.15, 0.2) is 30.3 Å². The van der Waals surface area contributed by atoms with Crippen molar-refractivity contribution in [1.82, 2.24) is 15.1 Å². The van der Waals surface area contributed by atoms with E-state index < -0.39 is 47.6 Å². The zero-order chi connectivity index (χ0) is 24.8. The number of aryl methyl sites for hydroxylation is 1. The number of benzene rings is 1. The molecule has 1 aromatic rings. The van der Waals surface area contributed by atoms with Crippen LogP contribution in [-0.2, 0) is 30.3 Å². The number of likely N-dealkylation sites (N-methyl/N-ethyl adjacent to an activating group) is 1. The van der Waals surface area contributed by atoms with Crippen LogP contribution in [0.4, 0.5) is 4.79 Å². The van der Waals surface area contributed by atoms with Gasteiger partial charge < -0.3 is 14.4 Å². The Morgan fingerprint density at radius 2 is 1.82 bits per heavy atom. The molecule has 9 nitrogen and oxygen atoms in total. The van der Waals surface area contributed by atoms with E-state index in [1.54, 1.807) is 34.6 Å². The van der Waals surface area contributed by atoms with Crippen LogP contribution < -0.4 is 5.32 Å². The molecular weight excluding hydrogens is 426 g/mol. The van der Waals surface area contributed by atoms with E-state index >= 15 is 0 Å². The number of hydrogen-bond acceptors (Lipinski definition) is 7. The maximum Gasteiger partial charge on any atom is 0.331 e. The largest absolute Gasteiger partial charge is 0.465 e. The van der Waals surface area contributed by atoms with Crippen LogP contribution >= 0.6 is 0 Å². The lowest BCUT2D eigenvalue weighted by atomic mass is 10.0. The first-order valence-corrected chi connectivity index (χ1v) is 11.2. The van der Waals surface area contributed by atoms with Crippen LogP contribution in [0.2, 0.25) is 0 Å². The van der Waals surface area contributed by atoms with Crippen LogP contribution in [0, 0.1) is 0 Å². The van der Waals surface area contributed by atoms with Crippen LogP contribution in [0.1, 0.15) is 46.6 Å². The number of hydrogen-bond donors (Lipinski definition) is 1. The standard InChI is InChI=1S/C24H35N3O6/c1-7-32-21(29)18(14-13-17-11-9-8-10-12-17)25-16(2)20(28)27-19(15-26(6)23(27)31)22(30)33-24(3,4)5/h8-12,16,18-19,25H,7,13-15H2,1-6H3/t16-,18-,19+/m0/s1. The van der Waals surface area contributed by atoms with E-state index in [0.717, 1.165) is 10.5 Å². The van der Waals surface area contributed by atoms with E-state index in [4.69, 9.17) is 9.47 Å². The third-order valence-corrected chi connectivity index (χ3v) is 5.16. The molecule has 3 atom stereocenters. The highest BCUT2D eigenvalue weighted by molar-refractivity contribution is 6.03. The third-order valence-electron chi connectivity index (χ3n) is 5.16. The summed E-state index contributed by atoms with van der Waals surface area (Å²) in [6.07, 6.45) is 1.01. The minimum atomic E-state index is -1.05. The van der Waals surface area contributed by atoms with E-state index in [1.807, 2.05) is 30.3 Å². The maximum absolute atomic E-state index is 13.2. The van der Waals surface area contributed by atoms with E-state index in [2.05, 4.69) is 5.32 Å². The molecule has 1 N–H and O–H groups in total. The average Bonchev–Trinajstić information content (AvgIpc) is 3.04. The minimum Gasteiger partial charge on any atom is -0.465 e. The molecule has 0 saturated carbocycles. The lowest BCUT2D eigenvalue weighted by Gasteiger charge is -2.28. The summed E-state index contributed by atoms with van der Waals surface area (Å²) in [5.41, 5.74) is 0.292. The summed E-state index contributed by atoms with van der Waals surface area (Å²) >= 11 is 0. The Morgan fingerprint density at radius 3 is 2.39 bits per heavy atom. The van der Waals surface area contributed by atoms with E-state index in [-0.39, 0.29) is 13.2 Å².